The van der Waals surface area contributed by atoms with Crippen LogP contribution in [0.3, 0.4) is 0 Å². The highest BCUT2D eigenvalue weighted by Crippen LogP contribution is 1.96. The Morgan fingerprint density at radius 3 is 1.50 bits per heavy atom. The average molecular weight is 143 g/mol. The van der Waals surface area contributed by atoms with Crippen LogP contribution >= 0.6 is 0 Å². The maximum atomic E-state index is 3.28. The first-order valence-electron chi connectivity index (χ1n) is 4.62. The summed E-state index contributed by atoms with van der Waals surface area (Å²) in [5, 5.41) is 3.28. The maximum absolute atomic E-state index is 3.28. The molecule has 0 aromatic rings. The van der Waals surface area contributed by atoms with Gasteiger partial charge in [0.2, 0.25) is 0 Å². The van der Waals surface area contributed by atoms with E-state index in [1.54, 1.807) is 0 Å². The molecule has 62 valence electrons. The zero-order valence-corrected chi connectivity index (χ0v) is 7.45. The Morgan fingerprint density at radius 2 is 1.40 bits per heavy atom. The quantitative estimate of drug-likeness (QED) is 0.595. The van der Waals surface area contributed by atoms with Crippen LogP contribution in [0.15, 0.2) is 0 Å². The predicted octanol–water partition coefficient (Wildman–Crippen LogP) is 2.57. The molecule has 1 heteroatoms. The van der Waals surface area contributed by atoms with Crippen molar-refractivity contribution in [1.82, 2.24) is 5.32 Å². The van der Waals surface area contributed by atoms with Gasteiger partial charge >= 0.3 is 0 Å². The lowest BCUT2D eigenvalue weighted by Crippen LogP contribution is -2.21. The van der Waals surface area contributed by atoms with Gasteiger partial charge in [0, 0.05) is 0 Å². The molecule has 1 aliphatic heterocycles. The summed E-state index contributed by atoms with van der Waals surface area (Å²) >= 11 is 0. The molecule has 0 aromatic heterocycles. The minimum Gasteiger partial charge on any atom is -0.317 e. The fourth-order valence-corrected chi connectivity index (χ4v) is 0.802. The van der Waals surface area contributed by atoms with Crippen LogP contribution in [0.4, 0.5) is 0 Å². The van der Waals surface area contributed by atoms with E-state index in [2.05, 4.69) is 19.2 Å². The van der Waals surface area contributed by atoms with Crippen LogP contribution in [0.2, 0.25) is 0 Å². The minimum atomic E-state index is 1.25. The molecule has 1 nitrogen and oxygen atoms in total. The summed E-state index contributed by atoms with van der Waals surface area (Å²) in [7, 11) is 0. The molecule has 0 bridgehead atoms. The molecule has 10 heavy (non-hydrogen) atoms. The summed E-state index contributed by atoms with van der Waals surface area (Å²) in [6.45, 7) is 6.86. The Morgan fingerprint density at radius 1 is 0.900 bits per heavy atom. The summed E-state index contributed by atoms with van der Waals surface area (Å²) in [5.41, 5.74) is 0. The molecule has 0 amide bonds. The standard InChI is InChI=1S/C5H11N.C4H10/c1-2-4-6-5-3-1;1-3-4-2/h6H,1-5H2;3-4H2,1-2H3. The van der Waals surface area contributed by atoms with Crippen molar-refractivity contribution in [3.8, 4) is 0 Å². The van der Waals surface area contributed by atoms with Crippen molar-refractivity contribution in [2.45, 2.75) is 46.0 Å². The Bertz CT molecular complexity index is 35.2. The Balaban J connectivity index is 0.000000180. The van der Waals surface area contributed by atoms with Gasteiger partial charge in [0.25, 0.3) is 0 Å². The van der Waals surface area contributed by atoms with Crippen molar-refractivity contribution >= 4 is 0 Å². The van der Waals surface area contributed by atoms with E-state index in [0.29, 0.717) is 0 Å². The van der Waals surface area contributed by atoms with Crippen LogP contribution < -0.4 is 5.32 Å². The molecule has 1 N–H and O–H groups in total. The van der Waals surface area contributed by atoms with Gasteiger partial charge in [-0.25, -0.2) is 0 Å². The molecule has 0 spiro atoms. The number of rotatable bonds is 1. The van der Waals surface area contributed by atoms with E-state index in [0.717, 1.165) is 0 Å². The lowest BCUT2D eigenvalue weighted by Gasteiger charge is -2.08. The molecule has 0 radical (unpaired) electrons. The molecular weight excluding hydrogens is 122 g/mol. The molecule has 1 fully saturated rings. The van der Waals surface area contributed by atoms with Crippen LogP contribution in [0.1, 0.15) is 46.0 Å². The second-order valence-electron chi connectivity index (χ2n) is 2.81. The molecule has 1 rings (SSSR count). The molecule has 0 aromatic carbocycles. The van der Waals surface area contributed by atoms with Gasteiger partial charge in [-0.1, -0.05) is 33.1 Å². The second kappa shape index (κ2) is 8.96. The number of unbranched alkanes of at least 4 members (excludes halogenated alkanes) is 1. The van der Waals surface area contributed by atoms with E-state index in [1.807, 2.05) is 0 Å². The SMILES string of the molecule is C1CCNCC1.CCCC. The zero-order valence-electron chi connectivity index (χ0n) is 7.45. The second-order valence-corrected chi connectivity index (χ2v) is 2.81. The van der Waals surface area contributed by atoms with Gasteiger partial charge in [-0.15, -0.1) is 0 Å². The third-order valence-corrected chi connectivity index (χ3v) is 1.71. The highest BCUT2D eigenvalue weighted by Gasteiger charge is 1.93. The maximum Gasteiger partial charge on any atom is -0.00489 e. The van der Waals surface area contributed by atoms with Crippen LogP contribution in [0.5, 0.6) is 0 Å². The summed E-state index contributed by atoms with van der Waals surface area (Å²) in [5.74, 6) is 0. The van der Waals surface area contributed by atoms with Gasteiger partial charge < -0.3 is 5.32 Å². The van der Waals surface area contributed by atoms with Gasteiger partial charge in [-0.2, -0.15) is 0 Å². The van der Waals surface area contributed by atoms with Gasteiger partial charge in [-0.3, -0.25) is 0 Å². The van der Waals surface area contributed by atoms with Crippen molar-refractivity contribution in [3.63, 3.8) is 0 Å². The normalized spacial score (nSPS) is 17.4. The fraction of sp³-hybridized carbons (Fsp3) is 1.00. The smallest absolute Gasteiger partial charge is 0.00489 e. The molecule has 0 unspecified atom stereocenters. The molecule has 0 saturated carbocycles. The van der Waals surface area contributed by atoms with Crippen molar-refractivity contribution in [3.05, 3.63) is 0 Å². The average Bonchev–Trinajstić information content (AvgIpc) is 2.08. The predicted molar refractivity (Wildman–Crippen MR) is 47.3 cm³/mol. The third-order valence-electron chi connectivity index (χ3n) is 1.71. The first-order valence-corrected chi connectivity index (χ1v) is 4.62. The van der Waals surface area contributed by atoms with E-state index in [4.69, 9.17) is 0 Å². The van der Waals surface area contributed by atoms with Crippen LogP contribution in [-0.4, -0.2) is 13.1 Å². The molecule has 1 aliphatic rings. The van der Waals surface area contributed by atoms with Crippen LogP contribution in [0.25, 0.3) is 0 Å². The van der Waals surface area contributed by atoms with E-state index < -0.39 is 0 Å². The number of piperidine rings is 1. The van der Waals surface area contributed by atoms with E-state index in [-0.39, 0.29) is 0 Å². The highest BCUT2D eigenvalue weighted by atomic mass is 14.9. The van der Waals surface area contributed by atoms with Gasteiger partial charge in [0.05, 0.1) is 0 Å². The summed E-state index contributed by atoms with van der Waals surface area (Å²) in [6, 6.07) is 0. The number of nitrogens with one attached hydrogen (secondary N) is 1. The molecule has 0 atom stereocenters. The molecule has 1 saturated heterocycles. The van der Waals surface area contributed by atoms with Crippen LogP contribution in [-0.2, 0) is 0 Å². The number of hydrogen-bond donors (Lipinski definition) is 1. The van der Waals surface area contributed by atoms with Gasteiger partial charge in [0.1, 0.15) is 0 Å². The van der Waals surface area contributed by atoms with Gasteiger partial charge in [0.15, 0.2) is 0 Å². The Labute approximate surface area is 65.2 Å². The lowest BCUT2D eigenvalue weighted by atomic mass is 10.2. The first kappa shape index (κ1) is 9.96. The van der Waals surface area contributed by atoms with Crippen molar-refractivity contribution in [1.29, 1.82) is 0 Å². The Kier molecular flexibility index (Phi) is 8.92. The molecule has 0 aliphatic carbocycles. The van der Waals surface area contributed by atoms with Crippen molar-refractivity contribution in [2.75, 3.05) is 13.1 Å². The minimum absolute atomic E-state index is 1.25. The fourth-order valence-electron chi connectivity index (χ4n) is 0.802. The zero-order chi connectivity index (χ0) is 7.66. The highest BCUT2D eigenvalue weighted by molar-refractivity contribution is 4.55. The van der Waals surface area contributed by atoms with Gasteiger partial charge in [-0.05, 0) is 25.9 Å². The summed E-state index contributed by atoms with van der Waals surface area (Å²) in [6.07, 6.45) is 6.85. The third kappa shape index (κ3) is 7.96. The Hall–Kier alpha value is -0.0400. The van der Waals surface area contributed by atoms with E-state index in [1.165, 1.54) is 45.2 Å². The largest absolute Gasteiger partial charge is 0.317 e. The molecule has 1 heterocycles. The summed E-state index contributed by atoms with van der Waals surface area (Å²) < 4.78 is 0. The lowest BCUT2D eigenvalue weighted by molar-refractivity contribution is 0.520. The molecular formula is C9H21N. The topological polar surface area (TPSA) is 12.0 Å². The van der Waals surface area contributed by atoms with E-state index in [9.17, 15) is 0 Å². The first-order chi connectivity index (χ1) is 4.91. The monoisotopic (exact) mass is 143 g/mol. The van der Waals surface area contributed by atoms with Crippen molar-refractivity contribution in [2.24, 2.45) is 0 Å². The van der Waals surface area contributed by atoms with Crippen LogP contribution in [0, 0.1) is 0 Å². The van der Waals surface area contributed by atoms with Crippen molar-refractivity contribution < 1.29 is 0 Å². The number of hydrogen-bond acceptors (Lipinski definition) is 1. The summed E-state index contributed by atoms with van der Waals surface area (Å²) in [4.78, 5) is 0. The van der Waals surface area contributed by atoms with E-state index >= 15 is 0 Å².